The molecule has 2 heterocycles. The largest absolute Gasteiger partial charge is 0.304 e. The maximum atomic E-state index is 12.2. The van der Waals surface area contributed by atoms with Crippen molar-refractivity contribution in [2.45, 2.75) is 20.3 Å². The molecule has 1 aliphatic rings. The number of ketones is 1. The summed E-state index contributed by atoms with van der Waals surface area (Å²) in [5.74, 6) is -0.765. The van der Waals surface area contributed by atoms with Crippen molar-refractivity contribution in [3.63, 3.8) is 0 Å². The molecule has 0 fully saturated rings. The van der Waals surface area contributed by atoms with E-state index in [9.17, 15) is 9.59 Å². The number of aryl methyl sites for hydroxylation is 2. The first-order valence-corrected chi connectivity index (χ1v) is 7.51. The van der Waals surface area contributed by atoms with Crippen LogP contribution >= 0.6 is 11.3 Å². The highest BCUT2D eigenvalue weighted by Crippen LogP contribution is 2.34. The molecule has 0 aliphatic carbocycles. The zero-order valence-corrected chi connectivity index (χ0v) is 12.3. The molecule has 1 aliphatic heterocycles. The Bertz CT molecular complexity index is 689. The minimum atomic E-state index is -0.396. The van der Waals surface area contributed by atoms with Crippen molar-refractivity contribution < 1.29 is 9.59 Å². The van der Waals surface area contributed by atoms with Crippen molar-refractivity contribution in [1.82, 2.24) is 0 Å². The fourth-order valence-corrected chi connectivity index (χ4v) is 3.35. The topological polar surface area (TPSA) is 37.4 Å². The van der Waals surface area contributed by atoms with Crippen LogP contribution in [0.15, 0.2) is 29.0 Å². The Morgan fingerprint density at radius 3 is 2.55 bits per heavy atom. The van der Waals surface area contributed by atoms with E-state index in [1.807, 2.05) is 31.4 Å². The minimum Gasteiger partial charge on any atom is -0.304 e. The fourth-order valence-electron chi connectivity index (χ4n) is 2.65. The molecule has 3 nitrogen and oxygen atoms in total. The SMILES string of the molecule is Cc1ccc(C)c2c1C(=O)C(=O)N2CCc1ccsc1. The van der Waals surface area contributed by atoms with Crippen LogP contribution in [-0.4, -0.2) is 18.2 Å². The number of amides is 1. The smallest absolute Gasteiger partial charge is 0.299 e. The second-order valence-corrected chi connectivity index (χ2v) is 5.87. The molecule has 0 bridgehead atoms. The van der Waals surface area contributed by atoms with Gasteiger partial charge >= 0.3 is 0 Å². The first kappa shape index (κ1) is 13.1. The second-order valence-electron chi connectivity index (χ2n) is 5.09. The van der Waals surface area contributed by atoms with Gasteiger partial charge in [-0.3, -0.25) is 9.59 Å². The van der Waals surface area contributed by atoms with Crippen molar-refractivity contribution in [3.8, 4) is 0 Å². The quantitative estimate of drug-likeness (QED) is 0.812. The molecule has 0 N–H and O–H groups in total. The molecule has 1 amide bonds. The van der Waals surface area contributed by atoms with Gasteiger partial charge in [-0.25, -0.2) is 0 Å². The van der Waals surface area contributed by atoms with E-state index in [-0.39, 0.29) is 5.78 Å². The number of Topliss-reactive ketones (excluding diaryl/α,β-unsaturated/α-hetero) is 1. The molecule has 20 heavy (non-hydrogen) atoms. The maximum Gasteiger partial charge on any atom is 0.299 e. The van der Waals surface area contributed by atoms with Crippen LogP contribution in [0, 0.1) is 13.8 Å². The van der Waals surface area contributed by atoms with E-state index < -0.39 is 5.91 Å². The molecule has 0 unspecified atom stereocenters. The number of hydrogen-bond donors (Lipinski definition) is 0. The van der Waals surface area contributed by atoms with Crippen LogP contribution in [0.1, 0.15) is 27.0 Å². The summed E-state index contributed by atoms with van der Waals surface area (Å²) in [6, 6.07) is 5.93. The Kier molecular flexibility index (Phi) is 3.18. The summed E-state index contributed by atoms with van der Waals surface area (Å²) in [5, 5.41) is 4.10. The van der Waals surface area contributed by atoms with Crippen LogP contribution in [0.3, 0.4) is 0 Å². The monoisotopic (exact) mass is 285 g/mol. The number of thiophene rings is 1. The van der Waals surface area contributed by atoms with Gasteiger partial charge in [-0.05, 0) is 53.8 Å². The molecular formula is C16H15NO2S. The van der Waals surface area contributed by atoms with Gasteiger partial charge in [-0.15, -0.1) is 0 Å². The van der Waals surface area contributed by atoms with E-state index >= 15 is 0 Å². The third-order valence-electron chi connectivity index (χ3n) is 3.73. The van der Waals surface area contributed by atoms with Gasteiger partial charge in [-0.2, -0.15) is 11.3 Å². The second kappa shape index (κ2) is 4.87. The van der Waals surface area contributed by atoms with Crippen LogP contribution in [0.2, 0.25) is 0 Å². The third-order valence-corrected chi connectivity index (χ3v) is 4.46. The number of anilines is 1. The summed E-state index contributed by atoms with van der Waals surface area (Å²) >= 11 is 1.64. The Morgan fingerprint density at radius 1 is 1.10 bits per heavy atom. The molecule has 102 valence electrons. The maximum absolute atomic E-state index is 12.2. The predicted molar refractivity (Wildman–Crippen MR) is 80.6 cm³/mol. The minimum absolute atomic E-state index is 0.369. The lowest BCUT2D eigenvalue weighted by atomic mass is 10.0. The van der Waals surface area contributed by atoms with Gasteiger partial charge in [0.15, 0.2) is 0 Å². The normalized spacial score (nSPS) is 14.0. The van der Waals surface area contributed by atoms with Crippen LogP contribution in [0.5, 0.6) is 0 Å². The van der Waals surface area contributed by atoms with Gasteiger partial charge in [-0.1, -0.05) is 12.1 Å². The van der Waals surface area contributed by atoms with E-state index in [0.29, 0.717) is 12.1 Å². The number of carbonyl (C=O) groups excluding carboxylic acids is 2. The van der Waals surface area contributed by atoms with Crippen molar-refractivity contribution in [2.75, 3.05) is 11.4 Å². The lowest BCUT2D eigenvalue weighted by Crippen LogP contribution is -2.31. The van der Waals surface area contributed by atoms with Crippen LogP contribution in [0.25, 0.3) is 0 Å². The zero-order valence-electron chi connectivity index (χ0n) is 11.5. The molecule has 1 aromatic heterocycles. The lowest BCUT2D eigenvalue weighted by molar-refractivity contribution is -0.114. The van der Waals surface area contributed by atoms with Crippen LogP contribution in [-0.2, 0) is 11.2 Å². The van der Waals surface area contributed by atoms with E-state index in [0.717, 1.165) is 23.2 Å². The van der Waals surface area contributed by atoms with Crippen molar-refractivity contribution >= 4 is 28.7 Å². The molecule has 0 radical (unpaired) electrons. The number of carbonyl (C=O) groups is 2. The van der Waals surface area contributed by atoms with Gasteiger partial charge in [0.05, 0.1) is 11.3 Å². The molecule has 3 rings (SSSR count). The van der Waals surface area contributed by atoms with Gasteiger partial charge in [0.25, 0.3) is 11.7 Å². The molecule has 0 saturated heterocycles. The van der Waals surface area contributed by atoms with E-state index in [2.05, 4.69) is 11.4 Å². The number of nitrogens with zero attached hydrogens (tertiary/aromatic N) is 1. The summed E-state index contributed by atoms with van der Waals surface area (Å²) in [6.07, 6.45) is 0.773. The predicted octanol–water partition coefficient (Wildman–Crippen LogP) is 3.14. The molecular weight excluding hydrogens is 270 g/mol. The van der Waals surface area contributed by atoms with Gasteiger partial charge in [0.2, 0.25) is 0 Å². The van der Waals surface area contributed by atoms with Crippen LogP contribution in [0.4, 0.5) is 5.69 Å². The van der Waals surface area contributed by atoms with E-state index in [4.69, 9.17) is 0 Å². The molecule has 0 spiro atoms. The van der Waals surface area contributed by atoms with E-state index in [1.54, 1.807) is 16.2 Å². The Labute approximate surface area is 121 Å². The Balaban J connectivity index is 1.96. The summed E-state index contributed by atoms with van der Waals surface area (Å²) < 4.78 is 0. The number of hydrogen-bond acceptors (Lipinski definition) is 3. The van der Waals surface area contributed by atoms with Gasteiger partial charge in [0.1, 0.15) is 0 Å². The Hall–Kier alpha value is -1.94. The highest BCUT2D eigenvalue weighted by atomic mass is 32.1. The lowest BCUT2D eigenvalue weighted by Gasteiger charge is -2.18. The van der Waals surface area contributed by atoms with Crippen molar-refractivity contribution in [2.24, 2.45) is 0 Å². The number of rotatable bonds is 3. The fraction of sp³-hybridized carbons (Fsp3) is 0.250. The van der Waals surface area contributed by atoms with Gasteiger partial charge in [0, 0.05) is 6.54 Å². The zero-order chi connectivity index (χ0) is 14.3. The standard InChI is InChI=1S/C16H15NO2S/c1-10-3-4-11(2)14-13(10)15(18)16(19)17(14)7-5-12-6-8-20-9-12/h3-4,6,8-9H,5,7H2,1-2H3. The average Bonchev–Trinajstić information content (AvgIpc) is 3.02. The first-order chi connectivity index (χ1) is 9.59. The summed E-state index contributed by atoms with van der Waals surface area (Å²) in [4.78, 5) is 26.0. The van der Waals surface area contributed by atoms with Crippen LogP contribution < -0.4 is 4.90 Å². The first-order valence-electron chi connectivity index (χ1n) is 6.57. The number of fused-ring (bicyclic) bond motifs is 1. The molecule has 0 saturated carbocycles. The van der Waals surface area contributed by atoms with E-state index in [1.165, 1.54) is 5.56 Å². The highest BCUT2D eigenvalue weighted by Gasteiger charge is 2.37. The Morgan fingerprint density at radius 2 is 1.85 bits per heavy atom. The highest BCUT2D eigenvalue weighted by molar-refractivity contribution is 7.07. The van der Waals surface area contributed by atoms with Crippen molar-refractivity contribution in [1.29, 1.82) is 0 Å². The molecule has 0 atom stereocenters. The summed E-state index contributed by atoms with van der Waals surface area (Å²) in [6.45, 7) is 4.38. The summed E-state index contributed by atoms with van der Waals surface area (Å²) in [7, 11) is 0. The van der Waals surface area contributed by atoms with Gasteiger partial charge < -0.3 is 4.90 Å². The third kappa shape index (κ3) is 1.96. The molecule has 2 aromatic rings. The number of benzene rings is 1. The molecule has 1 aromatic carbocycles. The van der Waals surface area contributed by atoms with Crippen molar-refractivity contribution in [3.05, 3.63) is 51.2 Å². The molecule has 4 heteroatoms. The summed E-state index contributed by atoms with van der Waals surface area (Å²) in [5.41, 5.74) is 4.45. The average molecular weight is 285 g/mol.